The Morgan fingerprint density at radius 2 is 0.911 bits per heavy atom. The molecule has 0 bridgehead atoms. The highest BCUT2D eigenvalue weighted by Crippen LogP contribution is 2.50. The first-order valence-electron chi connectivity index (χ1n) is 20.7. The van der Waals surface area contributed by atoms with Crippen molar-refractivity contribution in [3.05, 3.63) is 105 Å². The number of non-ortho nitro benzene ring substituents is 1. The molecule has 6 aromatic carbocycles. The van der Waals surface area contributed by atoms with E-state index in [1.54, 1.807) is 0 Å². The minimum Gasteiger partial charge on any atom is -0.505 e. The van der Waals surface area contributed by atoms with Crippen LogP contribution in [-0.2, 0) is 108 Å². The molecule has 0 amide bonds. The summed E-state index contributed by atoms with van der Waals surface area (Å²) in [6.45, 7) is 0. The molecule has 79 heavy (non-hydrogen) atoms. The van der Waals surface area contributed by atoms with E-state index in [1.165, 1.54) is 0 Å². The number of rotatable bonds is 21. The summed E-state index contributed by atoms with van der Waals surface area (Å²) in [4.78, 5) is 9.05. The SMILES string of the molecule is COS(=O)(=O)c1ccc(CS(=O)(=O)O)c(N=Nc2cc(CS(=O)(=O)O)c3cc(CS(=O)(=O)O)c(N=Nc4ccc(S(=O)(=O)OC)c5cc(CS(=O)(=O)O)c(N=Nc6ccc([N+](=O)[O-])cc6CS(=O)(=O)O)c(O)c45)c(O)c3c2N)c1. The van der Waals surface area contributed by atoms with Gasteiger partial charge in [-0.1, -0.05) is 6.07 Å². The molecule has 0 saturated carbocycles. The summed E-state index contributed by atoms with van der Waals surface area (Å²) in [6.07, 6.45) is 0. The maximum Gasteiger partial charge on any atom is 0.297 e. The number of phenolic OH excluding ortho intramolecular Hbond substituents is 2. The third-order valence-electron chi connectivity index (χ3n) is 10.6. The highest BCUT2D eigenvalue weighted by molar-refractivity contribution is 7.87. The van der Waals surface area contributed by atoms with Crippen molar-refractivity contribution in [1.82, 2.24) is 0 Å². The fourth-order valence-electron chi connectivity index (χ4n) is 7.43. The lowest BCUT2D eigenvalue weighted by molar-refractivity contribution is -0.384. The second-order valence-electron chi connectivity index (χ2n) is 16.2. The number of hydrogen-bond acceptors (Lipinski definition) is 27. The van der Waals surface area contributed by atoms with Crippen LogP contribution in [0.3, 0.4) is 0 Å². The standard InChI is InChI=1S/C39H36N8O25S7/c1-71-78(67,68)25-5-3-19(14-73(52,53)54)30(13-25)43-44-31-12-20(15-74(55,56)57)26-10-22(17-76(61,62)63)37(39(49)34(26)35(31)40)46-42-29-7-8-32(79(69,70)72-2)27-11-23(18-77(64,65)66)36(38(48)33(27)29)45-41-28-6-4-24(47(50)51)9-21(28)16-75(58,59)60/h3-13,48-49H,14-18,40H2,1-2H3,(H,52,53,54)(H,55,56,57)(H,58,59,60)(H,61,62,63)(H,64,65,66). The predicted molar refractivity (Wildman–Crippen MR) is 272 cm³/mol. The average Bonchev–Trinajstić information content (AvgIpc) is 3.44. The van der Waals surface area contributed by atoms with Gasteiger partial charge in [-0.2, -0.15) is 69.2 Å². The number of aromatic hydroxyl groups is 2. The molecular weight excluding hydrogens is 1200 g/mol. The maximum absolute atomic E-state index is 13.3. The molecule has 6 aromatic rings. The number of anilines is 1. The summed E-state index contributed by atoms with van der Waals surface area (Å²) in [6, 6.07) is 8.70. The summed E-state index contributed by atoms with van der Waals surface area (Å²) in [5, 5.41) is 55.8. The van der Waals surface area contributed by atoms with Gasteiger partial charge < -0.3 is 15.9 Å². The molecule has 0 aliphatic heterocycles. The first-order valence-corrected chi connectivity index (χ1v) is 31.5. The Labute approximate surface area is 445 Å². The Balaban J connectivity index is 1.69. The minimum absolute atomic E-state index is 0.384. The Bertz CT molecular complexity index is 4500. The molecule has 0 unspecified atom stereocenters. The third kappa shape index (κ3) is 14.9. The molecular formula is C39H36N8O25S7. The van der Waals surface area contributed by atoms with Crippen LogP contribution in [-0.4, -0.2) is 111 Å². The number of nitrogen functional groups attached to an aromatic ring is 1. The maximum atomic E-state index is 13.3. The number of nitrogens with two attached hydrogens (primary N) is 1. The summed E-state index contributed by atoms with van der Waals surface area (Å²) < 4.78 is 231. The predicted octanol–water partition coefficient (Wildman–Crippen LogP) is 5.75. The Kier molecular flexibility index (Phi) is 17.1. The molecule has 0 heterocycles. The number of nitro benzene ring substituents is 1. The van der Waals surface area contributed by atoms with Crippen LogP contribution < -0.4 is 5.73 Å². The van der Waals surface area contributed by atoms with E-state index in [2.05, 4.69) is 39.1 Å². The van der Waals surface area contributed by atoms with E-state index in [9.17, 15) is 102 Å². The van der Waals surface area contributed by atoms with Crippen molar-refractivity contribution in [2.75, 3.05) is 20.0 Å². The highest BCUT2D eigenvalue weighted by Gasteiger charge is 2.29. The first-order chi connectivity index (χ1) is 36.2. The third-order valence-corrected chi connectivity index (χ3v) is 16.6. The van der Waals surface area contributed by atoms with Crippen LogP contribution in [0.5, 0.6) is 11.5 Å². The van der Waals surface area contributed by atoms with Gasteiger partial charge in [0.05, 0.1) is 57.6 Å². The van der Waals surface area contributed by atoms with Crippen LogP contribution in [0, 0.1) is 10.1 Å². The average molecular weight is 1240 g/mol. The fourth-order valence-corrected chi connectivity index (χ4v) is 12.1. The summed E-state index contributed by atoms with van der Waals surface area (Å²) >= 11 is 0. The number of hydrogen-bond donors (Lipinski definition) is 8. The van der Waals surface area contributed by atoms with Gasteiger partial charge in [0, 0.05) is 34.2 Å². The summed E-state index contributed by atoms with van der Waals surface area (Å²) in [5.74, 6) is -9.36. The van der Waals surface area contributed by atoms with E-state index in [4.69, 9.17) is 5.73 Å². The largest absolute Gasteiger partial charge is 0.505 e. The quantitative estimate of drug-likeness (QED) is 0.0106. The number of benzene rings is 6. The smallest absolute Gasteiger partial charge is 0.297 e. The van der Waals surface area contributed by atoms with Crippen LogP contribution in [0.4, 0.5) is 45.5 Å². The fraction of sp³-hybridized carbons (Fsp3) is 0.179. The molecule has 0 fully saturated rings. The van der Waals surface area contributed by atoms with E-state index in [1.807, 2.05) is 0 Å². The Morgan fingerprint density at radius 3 is 1.43 bits per heavy atom. The van der Waals surface area contributed by atoms with Gasteiger partial charge in [-0.15, -0.1) is 20.5 Å². The van der Waals surface area contributed by atoms with Gasteiger partial charge in [0.15, 0.2) is 11.5 Å². The van der Waals surface area contributed by atoms with Crippen molar-refractivity contribution in [1.29, 1.82) is 0 Å². The number of azo groups is 3. The lowest BCUT2D eigenvalue weighted by Gasteiger charge is -2.16. The van der Waals surface area contributed by atoms with E-state index in [-0.39, 0.29) is 5.56 Å². The van der Waals surface area contributed by atoms with Gasteiger partial charge in [-0.25, -0.2) is 0 Å². The molecule has 9 N–H and O–H groups in total. The minimum atomic E-state index is -5.20. The molecule has 0 atom stereocenters. The molecule has 0 radical (unpaired) electrons. The van der Waals surface area contributed by atoms with Crippen LogP contribution in [0.25, 0.3) is 21.5 Å². The van der Waals surface area contributed by atoms with Crippen molar-refractivity contribution >= 4 is 138 Å². The second-order valence-corrected chi connectivity index (χ2v) is 26.9. The van der Waals surface area contributed by atoms with Crippen molar-refractivity contribution in [2.45, 2.75) is 38.6 Å². The van der Waals surface area contributed by atoms with Crippen LogP contribution >= 0.6 is 0 Å². The van der Waals surface area contributed by atoms with Gasteiger partial charge in [-0.3, -0.25) is 41.2 Å². The van der Waals surface area contributed by atoms with Crippen molar-refractivity contribution in [2.24, 2.45) is 30.7 Å². The number of phenols is 2. The zero-order chi connectivity index (χ0) is 59.2. The molecule has 0 saturated heterocycles. The lowest BCUT2D eigenvalue weighted by Crippen LogP contribution is -2.06. The van der Waals surface area contributed by atoms with E-state index < -0.39 is 215 Å². The van der Waals surface area contributed by atoms with Gasteiger partial charge in [0.25, 0.3) is 76.5 Å². The summed E-state index contributed by atoms with van der Waals surface area (Å²) in [5.41, 5.74) is -2.48. The van der Waals surface area contributed by atoms with Crippen molar-refractivity contribution in [3.63, 3.8) is 0 Å². The van der Waals surface area contributed by atoms with E-state index >= 15 is 0 Å². The molecule has 0 aliphatic rings. The molecule has 40 heteroatoms. The van der Waals surface area contributed by atoms with Gasteiger partial charge >= 0.3 is 0 Å². The zero-order valence-electron chi connectivity index (χ0n) is 39.4. The topological polar surface area (TPSA) is 542 Å². The zero-order valence-corrected chi connectivity index (χ0v) is 45.1. The van der Waals surface area contributed by atoms with Gasteiger partial charge in [0.2, 0.25) is 0 Å². The molecule has 0 spiro atoms. The Hall–Kier alpha value is -7.19. The molecule has 0 aromatic heterocycles. The van der Waals surface area contributed by atoms with Crippen LogP contribution in [0.15, 0.2) is 107 Å². The van der Waals surface area contributed by atoms with Gasteiger partial charge in [-0.05, 0) is 65.0 Å². The number of fused-ring (bicyclic) bond motifs is 2. The molecule has 0 aliphatic carbocycles. The molecule has 33 nitrogen and oxygen atoms in total. The van der Waals surface area contributed by atoms with Crippen molar-refractivity contribution in [3.8, 4) is 11.5 Å². The first kappa shape index (κ1) is 61.0. The molecule has 424 valence electrons. The summed E-state index contributed by atoms with van der Waals surface area (Å²) in [7, 11) is -33.2. The Morgan fingerprint density at radius 1 is 0.468 bits per heavy atom. The van der Waals surface area contributed by atoms with Crippen LogP contribution in [0.2, 0.25) is 0 Å². The van der Waals surface area contributed by atoms with Crippen molar-refractivity contribution < 1.29 is 105 Å². The van der Waals surface area contributed by atoms with Crippen LogP contribution in [0.1, 0.15) is 27.8 Å². The monoisotopic (exact) mass is 1240 g/mol. The highest BCUT2D eigenvalue weighted by atomic mass is 32.2. The van der Waals surface area contributed by atoms with E-state index in [0.717, 1.165) is 61.7 Å². The lowest BCUT2D eigenvalue weighted by atomic mass is 9.98. The number of nitro groups is 1. The van der Waals surface area contributed by atoms with Gasteiger partial charge in [0.1, 0.15) is 50.7 Å². The normalized spacial score (nSPS) is 13.4. The molecule has 6 rings (SSSR count). The number of nitrogens with zero attached hydrogens (tertiary/aromatic N) is 7. The second kappa shape index (κ2) is 22.2. The van der Waals surface area contributed by atoms with E-state index in [0.29, 0.717) is 19.2 Å².